The lowest BCUT2D eigenvalue weighted by atomic mass is 10.2. The topological polar surface area (TPSA) is 91.2 Å². The second-order valence-corrected chi connectivity index (χ2v) is 3.64. The van der Waals surface area contributed by atoms with Gasteiger partial charge in [0.25, 0.3) is 5.89 Å². The molecule has 18 heavy (non-hydrogen) atoms. The van der Waals surface area contributed by atoms with Crippen LogP contribution in [-0.2, 0) is 13.0 Å². The number of ether oxygens (including phenoxy) is 1. The van der Waals surface area contributed by atoms with Gasteiger partial charge < -0.3 is 15.0 Å². The largest absolute Gasteiger partial charge is 0.484 e. The van der Waals surface area contributed by atoms with Gasteiger partial charge in [-0.25, -0.2) is 0 Å². The molecule has 6 heteroatoms. The van der Waals surface area contributed by atoms with E-state index in [1.165, 1.54) is 0 Å². The summed E-state index contributed by atoms with van der Waals surface area (Å²) in [7, 11) is 0. The fraction of sp³-hybridized carbons (Fsp3) is 0.250. The molecule has 0 saturated carbocycles. The van der Waals surface area contributed by atoms with Crippen LogP contribution in [0.25, 0.3) is 0 Å². The Hall–Kier alpha value is -2.37. The van der Waals surface area contributed by atoms with Gasteiger partial charge in [-0.1, -0.05) is 12.1 Å². The van der Waals surface area contributed by atoms with Crippen molar-refractivity contribution >= 4 is 5.91 Å². The zero-order valence-electron chi connectivity index (χ0n) is 9.92. The highest BCUT2D eigenvalue weighted by atomic mass is 16.5. The first kappa shape index (κ1) is 12.1. The van der Waals surface area contributed by atoms with E-state index in [4.69, 9.17) is 15.0 Å². The number of nitrogens with zero attached hydrogens (tertiary/aromatic N) is 2. The minimum absolute atomic E-state index is 0.197. The third kappa shape index (κ3) is 2.85. The van der Waals surface area contributed by atoms with Crippen LogP contribution in [0.1, 0.15) is 29.0 Å². The lowest BCUT2D eigenvalue weighted by Gasteiger charge is -2.03. The van der Waals surface area contributed by atoms with Crippen molar-refractivity contribution in [2.75, 3.05) is 0 Å². The number of hydrogen-bond acceptors (Lipinski definition) is 5. The molecule has 2 aromatic rings. The average molecular weight is 247 g/mol. The number of amides is 1. The van der Waals surface area contributed by atoms with Crippen LogP contribution >= 0.6 is 0 Å². The maximum absolute atomic E-state index is 10.9. The Bertz CT molecular complexity index is 534. The van der Waals surface area contributed by atoms with E-state index in [1.807, 2.05) is 6.92 Å². The molecule has 2 N–H and O–H groups in total. The van der Waals surface area contributed by atoms with Crippen molar-refractivity contribution in [3.63, 3.8) is 0 Å². The van der Waals surface area contributed by atoms with Gasteiger partial charge in [-0.05, 0) is 24.3 Å². The molecule has 1 aromatic heterocycles. The molecule has 0 spiro atoms. The summed E-state index contributed by atoms with van der Waals surface area (Å²) in [6.45, 7) is 2.14. The Morgan fingerprint density at radius 2 is 2.11 bits per heavy atom. The lowest BCUT2D eigenvalue weighted by molar-refractivity contribution is 0.1000. The van der Waals surface area contributed by atoms with E-state index in [9.17, 15) is 4.79 Å². The monoisotopic (exact) mass is 247 g/mol. The van der Waals surface area contributed by atoms with Gasteiger partial charge in [-0.3, -0.25) is 4.79 Å². The highest BCUT2D eigenvalue weighted by Gasteiger charge is 2.06. The molecular formula is C12H13N3O3. The number of hydrogen-bond donors (Lipinski definition) is 1. The molecule has 2 rings (SSSR count). The van der Waals surface area contributed by atoms with Crippen LogP contribution in [0.5, 0.6) is 5.75 Å². The second kappa shape index (κ2) is 5.31. The maximum Gasteiger partial charge on any atom is 0.264 e. The molecule has 0 fully saturated rings. The third-order valence-corrected chi connectivity index (χ3v) is 2.33. The molecule has 1 amide bonds. The molecule has 0 saturated heterocycles. The third-order valence-electron chi connectivity index (χ3n) is 2.33. The smallest absolute Gasteiger partial charge is 0.264 e. The Morgan fingerprint density at radius 1 is 1.39 bits per heavy atom. The summed E-state index contributed by atoms with van der Waals surface area (Å²) in [5, 5.41) is 3.76. The summed E-state index contributed by atoms with van der Waals surface area (Å²) >= 11 is 0. The highest BCUT2D eigenvalue weighted by molar-refractivity contribution is 5.92. The lowest BCUT2D eigenvalue weighted by Crippen LogP contribution is -2.10. The van der Waals surface area contributed by atoms with Crippen molar-refractivity contribution in [1.29, 1.82) is 0 Å². The van der Waals surface area contributed by atoms with Crippen molar-refractivity contribution < 1.29 is 14.1 Å². The molecule has 0 aliphatic carbocycles. The van der Waals surface area contributed by atoms with Crippen LogP contribution in [0.3, 0.4) is 0 Å². The average Bonchev–Trinajstić information content (AvgIpc) is 2.85. The van der Waals surface area contributed by atoms with E-state index in [2.05, 4.69) is 10.1 Å². The van der Waals surface area contributed by atoms with E-state index in [0.29, 0.717) is 23.0 Å². The Kier molecular flexibility index (Phi) is 3.57. The number of aryl methyl sites for hydroxylation is 1. The van der Waals surface area contributed by atoms with E-state index in [0.717, 1.165) is 6.42 Å². The molecule has 0 radical (unpaired) electrons. The predicted molar refractivity (Wildman–Crippen MR) is 63.0 cm³/mol. The summed E-state index contributed by atoms with van der Waals surface area (Å²) in [5.41, 5.74) is 5.57. The van der Waals surface area contributed by atoms with E-state index in [1.54, 1.807) is 24.3 Å². The van der Waals surface area contributed by atoms with E-state index >= 15 is 0 Å². The van der Waals surface area contributed by atoms with Crippen LogP contribution in [-0.4, -0.2) is 16.0 Å². The van der Waals surface area contributed by atoms with Gasteiger partial charge in [0.1, 0.15) is 5.75 Å². The first-order chi connectivity index (χ1) is 8.69. The van der Waals surface area contributed by atoms with Gasteiger partial charge >= 0.3 is 0 Å². The van der Waals surface area contributed by atoms with Crippen LogP contribution in [0.2, 0.25) is 0 Å². The number of aromatic nitrogens is 2. The van der Waals surface area contributed by atoms with Gasteiger partial charge in [0.05, 0.1) is 0 Å². The zero-order chi connectivity index (χ0) is 13.0. The number of nitrogens with two attached hydrogens (primary N) is 1. The van der Waals surface area contributed by atoms with E-state index < -0.39 is 5.91 Å². The van der Waals surface area contributed by atoms with Gasteiger partial charge in [-0.2, -0.15) is 4.98 Å². The van der Waals surface area contributed by atoms with Crippen molar-refractivity contribution in [3.05, 3.63) is 41.5 Å². The van der Waals surface area contributed by atoms with Gasteiger partial charge in [0.2, 0.25) is 5.91 Å². The van der Waals surface area contributed by atoms with Crippen LogP contribution in [0, 0.1) is 0 Å². The Labute approximate surface area is 104 Å². The minimum atomic E-state index is -0.467. The molecule has 0 aliphatic rings. The first-order valence-corrected chi connectivity index (χ1v) is 5.53. The van der Waals surface area contributed by atoms with Crippen LogP contribution in [0.4, 0.5) is 0 Å². The number of carbonyl (C=O) groups excluding carboxylic acids is 1. The second-order valence-electron chi connectivity index (χ2n) is 3.64. The maximum atomic E-state index is 10.9. The quantitative estimate of drug-likeness (QED) is 0.860. The van der Waals surface area contributed by atoms with Crippen molar-refractivity contribution in [2.45, 2.75) is 20.0 Å². The first-order valence-electron chi connectivity index (χ1n) is 5.53. The van der Waals surface area contributed by atoms with Crippen molar-refractivity contribution in [2.24, 2.45) is 5.73 Å². The minimum Gasteiger partial charge on any atom is -0.484 e. The molecular weight excluding hydrogens is 234 g/mol. The summed E-state index contributed by atoms with van der Waals surface area (Å²) in [4.78, 5) is 15.0. The predicted octanol–water partition coefficient (Wildman–Crippen LogP) is 1.31. The van der Waals surface area contributed by atoms with Gasteiger partial charge in [-0.15, -0.1) is 0 Å². The molecule has 0 bridgehead atoms. The van der Waals surface area contributed by atoms with E-state index in [-0.39, 0.29) is 6.61 Å². The fourth-order valence-corrected chi connectivity index (χ4v) is 1.35. The number of primary amides is 1. The Balaban J connectivity index is 1.95. The molecule has 1 heterocycles. The molecule has 1 aromatic carbocycles. The van der Waals surface area contributed by atoms with Gasteiger partial charge in [0, 0.05) is 12.0 Å². The fourth-order valence-electron chi connectivity index (χ4n) is 1.35. The number of rotatable bonds is 5. The normalized spacial score (nSPS) is 10.3. The number of benzene rings is 1. The summed E-state index contributed by atoms with van der Waals surface area (Å²) in [6.07, 6.45) is 0.719. The molecule has 94 valence electrons. The zero-order valence-corrected chi connectivity index (χ0v) is 9.92. The van der Waals surface area contributed by atoms with Crippen LogP contribution < -0.4 is 10.5 Å². The summed E-state index contributed by atoms with van der Waals surface area (Å²) < 4.78 is 10.4. The summed E-state index contributed by atoms with van der Waals surface area (Å²) in [5.74, 6) is 1.21. The highest BCUT2D eigenvalue weighted by Crippen LogP contribution is 2.13. The SMILES string of the molecule is CCc1noc(COc2ccc(C(N)=O)cc2)n1. The van der Waals surface area contributed by atoms with Gasteiger partial charge in [0.15, 0.2) is 12.4 Å². The molecule has 0 unspecified atom stereocenters. The Morgan fingerprint density at radius 3 is 2.67 bits per heavy atom. The molecule has 0 atom stereocenters. The molecule has 0 aliphatic heterocycles. The van der Waals surface area contributed by atoms with Crippen LogP contribution in [0.15, 0.2) is 28.8 Å². The van der Waals surface area contributed by atoms with Crippen molar-refractivity contribution in [3.8, 4) is 5.75 Å². The number of carbonyl (C=O) groups is 1. The standard InChI is InChI=1S/C12H13N3O3/c1-2-10-14-11(18-15-10)7-17-9-5-3-8(4-6-9)12(13)16/h3-6H,2,7H2,1H3,(H2,13,16). The molecule has 6 nitrogen and oxygen atoms in total. The van der Waals surface area contributed by atoms with Crippen molar-refractivity contribution in [1.82, 2.24) is 10.1 Å². The summed E-state index contributed by atoms with van der Waals surface area (Å²) in [6, 6.07) is 6.53.